The number of hydrogen-bond acceptors (Lipinski definition) is 6. The molecule has 1 aromatic heterocycles. The van der Waals surface area contributed by atoms with Gasteiger partial charge in [0.2, 0.25) is 5.13 Å². The predicted octanol–water partition coefficient (Wildman–Crippen LogP) is 0.433. The SMILES string of the molecule is Cc1nnc(N2CC(C)OC(CO)C2)s1. The van der Waals surface area contributed by atoms with E-state index in [-0.39, 0.29) is 18.8 Å². The molecule has 1 fully saturated rings. The summed E-state index contributed by atoms with van der Waals surface area (Å²) < 4.78 is 5.56. The Morgan fingerprint density at radius 3 is 2.93 bits per heavy atom. The highest BCUT2D eigenvalue weighted by atomic mass is 32.1. The molecule has 6 heteroatoms. The minimum absolute atomic E-state index is 0.0542. The van der Waals surface area contributed by atoms with Gasteiger partial charge < -0.3 is 14.7 Å². The highest BCUT2D eigenvalue weighted by Crippen LogP contribution is 2.23. The second kappa shape index (κ2) is 4.42. The first-order valence-corrected chi connectivity index (χ1v) is 5.82. The van der Waals surface area contributed by atoms with E-state index in [1.165, 1.54) is 0 Å². The van der Waals surface area contributed by atoms with Crippen molar-refractivity contribution in [1.29, 1.82) is 0 Å². The standard InChI is InChI=1S/C9H15N3O2S/c1-6-3-12(4-8(5-13)14-6)9-11-10-7(2)15-9/h6,8,13H,3-5H2,1-2H3. The maximum absolute atomic E-state index is 9.09. The van der Waals surface area contributed by atoms with Crippen molar-refractivity contribution in [2.45, 2.75) is 26.1 Å². The first-order chi connectivity index (χ1) is 7.19. The molecule has 1 aliphatic rings. The summed E-state index contributed by atoms with van der Waals surface area (Å²) in [6.07, 6.45) is 0.0121. The van der Waals surface area contributed by atoms with Gasteiger partial charge in [-0.1, -0.05) is 11.3 Å². The summed E-state index contributed by atoms with van der Waals surface area (Å²) >= 11 is 1.58. The number of rotatable bonds is 2. The molecule has 1 N–H and O–H groups in total. The van der Waals surface area contributed by atoms with Crippen LogP contribution in [0.15, 0.2) is 0 Å². The second-order valence-electron chi connectivity index (χ2n) is 3.76. The number of morpholine rings is 1. The zero-order chi connectivity index (χ0) is 10.8. The van der Waals surface area contributed by atoms with Gasteiger partial charge in [0, 0.05) is 13.1 Å². The lowest BCUT2D eigenvalue weighted by molar-refractivity contribution is -0.0421. The molecule has 0 aliphatic carbocycles. The molecule has 2 atom stereocenters. The number of nitrogens with zero attached hydrogens (tertiary/aromatic N) is 3. The largest absolute Gasteiger partial charge is 0.394 e. The van der Waals surface area contributed by atoms with Crippen molar-refractivity contribution in [3.63, 3.8) is 0 Å². The van der Waals surface area contributed by atoms with Gasteiger partial charge in [-0.15, -0.1) is 10.2 Å². The van der Waals surface area contributed by atoms with Crippen LogP contribution in [0.3, 0.4) is 0 Å². The molecule has 0 amide bonds. The Kier molecular flexibility index (Phi) is 3.18. The van der Waals surface area contributed by atoms with E-state index >= 15 is 0 Å². The minimum atomic E-state index is -0.113. The topological polar surface area (TPSA) is 58.5 Å². The normalized spacial score (nSPS) is 27.0. The minimum Gasteiger partial charge on any atom is -0.394 e. The molecule has 5 nitrogen and oxygen atoms in total. The fourth-order valence-corrected chi connectivity index (χ4v) is 2.42. The van der Waals surface area contributed by atoms with E-state index < -0.39 is 0 Å². The molecule has 2 unspecified atom stereocenters. The molecule has 15 heavy (non-hydrogen) atoms. The molecule has 0 spiro atoms. The molecule has 84 valence electrons. The fourth-order valence-electron chi connectivity index (χ4n) is 1.72. The van der Waals surface area contributed by atoms with Crippen LogP contribution >= 0.6 is 11.3 Å². The molecule has 0 radical (unpaired) electrons. The zero-order valence-corrected chi connectivity index (χ0v) is 9.70. The van der Waals surface area contributed by atoms with Crippen LogP contribution in [-0.2, 0) is 4.74 Å². The second-order valence-corrected chi connectivity index (χ2v) is 4.92. The summed E-state index contributed by atoms with van der Waals surface area (Å²) in [5.74, 6) is 0. The van der Waals surface area contributed by atoms with E-state index in [2.05, 4.69) is 15.1 Å². The van der Waals surface area contributed by atoms with Gasteiger partial charge in [0.05, 0.1) is 18.8 Å². The Bertz CT molecular complexity index is 331. The highest BCUT2D eigenvalue weighted by molar-refractivity contribution is 7.15. The molecule has 1 saturated heterocycles. The Hall–Kier alpha value is -0.720. The third-order valence-corrected chi connectivity index (χ3v) is 3.22. The summed E-state index contributed by atoms with van der Waals surface area (Å²) in [6.45, 7) is 5.50. The van der Waals surface area contributed by atoms with Crippen LogP contribution in [-0.4, -0.2) is 47.2 Å². The average Bonchev–Trinajstić information content (AvgIpc) is 2.64. The number of ether oxygens (including phenoxy) is 1. The van der Waals surface area contributed by atoms with Crippen LogP contribution in [0.5, 0.6) is 0 Å². The third kappa shape index (κ3) is 2.45. The van der Waals surface area contributed by atoms with Crippen LogP contribution in [0.25, 0.3) is 0 Å². The predicted molar refractivity (Wildman–Crippen MR) is 58.3 cm³/mol. The molecule has 0 aromatic carbocycles. The van der Waals surface area contributed by atoms with E-state index in [1.807, 2.05) is 13.8 Å². The Balaban J connectivity index is 2.08. The van der Waals surface area contributed by atoms with Crippen LogP contribution in [0.4, 0.5) is 5.13 Å². The van der Waals surface area contributed by atoms with Crippen LogP contribution in [0.1, 0.15) is 11.9 Å². The van der Waals surface area contributed by atoms with Crippen LogP contribution < -0.4 is 4.90 Å². The van der Waals surface area contributed by atoms with Gasteiger partial charge in [-0.25, -0.2) is 0 Å². The van der Waals surface area contributed by atoms with Crippen molar-refractivity contribution in [3.05, 3.63) is 5.01 Å². The van der Waals surface area contributed by atoms with Gasteiger partial charge >= 0.3 is 0 Å². The van der Waals surface area contributed by atoms with Gasteiger partial charge in [-0.3, -0.25) is 0 Å². The van der Waals surface area contributed by atoms with E-state index in [1.54, 1.807) is 11.3 Å². The smallest absolute Gasteiger partial charge is 0.208 e. The van der Waals surface area contributed by atoms with Crippen molar-refractivity contribution in [2.24, 2.45) is 0 Å². The Labute approximate surface area is 92.7 Å². The van der Waals surface area contributed by atoms with E-state index in [0.717, 1.165) is 16.7 Å². The quantitative estimate of drug-likeness (QED) is 0.797. The lowest BCUT2D eigenvalue weighted by Gasteiger charge is -2.35. The van der Waals surface area contributed by atoms with Crippen molar-refractivity contribution in [2.75, 3.05) is 24.6 Å². The number of hydrogen-bond donors (Lipinski definition) is 1. The maximum atomic E-state index is 9.09. The Morgan fingerprint density at radius 2 is 2.33 bits per heavy atom. The van der Waals surface area contributed by atoms with Crippen molar-refractivity contribution in [1.82, 2.24) is 10.2 Å². The monoisotopic (exact) mass is 229 g/mol. The Morgan fingerprint density at radius 1 is 1.53 bits per heavy atom. The fraction of sp³-hybridized carbons (Fsp3) is 0.778. The van der Waals surface area contributed by atoms with Crippen LogP contribution in [0.2, 0.25) is 0 Å². The summed E-state index contributed by atoms with van der Waals surface area (Å²) in [6, 6.07) is 0. The molecule has 2 heterocycles. The van der Waals surface area contributed by atoms with E-state index in [4.69, 9.17) is 9.84 Å². The molecule has 0 bridgehead atoms. The van der Waals surface area contributed by atoms with E-state index in [9.17, 15) is 0 Å². The first-order valence-electron chi connectivity index (χ1n) is 5.00. The molecule has 2 rings (SSSR count). The highest BCUT2D eigenvalue weighted by Gasteiger charge is 2.26. The van der Waals surface area contributed by atoms with Crippen molar-refractivity contribution < 1.29 is 9.84 Å². The van der Waals surface area contributed by atoms with Crippen LogP contribution in [0, 0.1) is 6.92 Å². The van der Waals surface area contributed by atoms with Gasteiger partial charge in [0.25, 0.3) is 0 Å². The lowest BCUT2D eigenvalue weighted by atomic mass is 10.2. The number of aromatic nitrogens is 2. The summed E-state index contributed by atoms with van der Waals surface area (Å²) in [5, 5.41) is 19.1. The maximum Gasteiger partial charge on any atom is 0.208 e. The molecule has 1 aromatic rings. The zero-order valence-electron chi connectivity index (χ0n) is 8.88. The van der Waals surface area contributed by atoms with Gasteiger partial charge in [0.1, 0.15) is 5.01 Å². The lowest BCUT2D eigenvalue weighted by Crippen LogP contribution is -2.48. The molecular formula is C9H15N3O2S. The number of anilines is 1. The molecular weight excluding hydrogens is 214 g/mol. The summed E-state index contributed by atoms with van der Waals surface area (Å²) in [5.41, 5.74) is 0. The van der Waals surface area contributed by atoms with Crippen molar-refractivity contribution in [3.8, 4) is 0 Å². The molecule has 0 saturated carbocycles. The first kappa shape index (κ1) is 10.8. The third-order valence-electron chi connectivity index (χ3n) is 2.32. The molecule has 1 aliphatic heterocycles. The van der Waals surface area contributed by atoms with Crippen molar-refractivity contribution >= 4 is 16.5 Å². The van der Waals surface area contributed by atoms with Gasteiger partial charge in [0.15, 0.2) is 0 Å². The average molecular weight is 229 g/mol. The number of aliphatic hydroxyl groups is 1. The van der Waals surface area contributed by atoms with E-state index in [0.29, 0.717) is 6.54 Å². The summed E-state index contributed by atoms with van der Waals surface area (Å²) in [7, 11) is 0. The number of aryl methyl sites for hydroxylation is 1. The van der Waals surface area contributed by atoms with Gasteiger partial charge in [-0.05, 0) is 13.8 Å². The van der Waals surface area contributed by atoms with Gasteiger partial charge in [-0.2, -0.15) is 0 Å². The number of aliphatic hydroxyl groups excluding tert-OH is 1. The summed E-state index contributed by atoms with van der Waals surface area (Å²) in [4.78, 5) is 2.12.